The molecule has 1 aliphatic rings. The SMILES string of the molecule is COC(=O)c1sccc1S(=O)(=O)N1CCC(N)(C(=O)O)C1. The van der Waals surface area contributed by atoms with E-state index in [0.717, 1.165) is 22.8 Å². The Kier molecular flexibility index (Phi) is 4.06. The first kappa shape index (κ1) is 15.9. The van der Waals surface area contributed by atoms with Gasteiger partial charge in [-0.25, -0.2) is 13.2 Å². The molecular weight excluding hydrogens is 320 g/mol. The van der Waals surface area contributed by atoms with Crippen LogP contribution >= 0.6 is 11.3 Å². The first-order valence-corrected chi connectivity index (χ1v) is 8.22. The average Bonchev–Trinajstić information content (AvgIpc) is 3.05. The topological polar surface area (TPSA) is 127 Å². The lowest BCUT2D eigenvalue weighted by Crippen LogP contribution is -2.50. The van der Waals surface area contributed by atoms with Gasteiger partial charge in [-0.2, -0.15) is 4.31 Å². The predicted molar refractivity (Wildman–Crippen MR) is 73.6 cm³/mol. The standard InChI is InChI=1S/C11H14N2O6S2/c1-19-9(14)8-7(2-5-20-8)21(17,18)13-4-3-11(12,6-13)10(15)16/h2,5H,3-4,6,12H2,1H3,(H,15,16). The number of rotatable bonds is 4. The number of sulfonamides is 1. The van der Waals surface area contributed by atoms with Crippen molar-refractivity contribution in [3.05, 3.63) is 16.3 Å². The van der Waals surface area contributed by atoms with Crippen molar-refractivity contribution in [2.75, 3.05) is 20.2 Å². The fourth-order valence-corrected chi connectivity index (χ4v) is 4.88. The van der Waals surface area contributed by atoms with Gasteiger partial charge in [0.05, 0.1) is 7.11 Å². The number of methoxy groups -OCH3 is 1. The maximum absolute atomic E-state index is 12.5. The highest BCUT2D eigenvalue weighted by Gasteiger charge is 2.46. The fourth-order valence-electron chi connectivity index (χ4n) is 2.06. The van der Waals surface area contributed by atoms with Crippen LogP contribution in [0.25, 0.3) is 0 Å². The van der Waals surface area contributed by atoms with Gasteiger partial charge in [-0.1, -0.05) is 0 Å². The minimum absolute atomic E-state index is 0.0123. The molecule has 1 fully saturated rings. The third-order valence-corrected chi connectivity index (χ3v) is 6.22. The predicted octanol–water partition coefficient (Wildman–Crippen LogP) is -0.289. The number of carboxylic acid groups (broad SMARTS) is 1. The summed E-state index contributed by atoms with van der Waals surface area (Å²) < 4.78 is 30.6. The summed E-state index contributed by atoms with van der Waals surface area (Å²) in [7, 11) is -2.83. The molecule has 0 spiro atoms. The smallest absolute Gasteiger partial charge is 0.349 e. The van der Waals surface area contributed by atoms with Gasteiger partial charge >= 0.3 is 11.9 Å². The number of carbonyl (C=O) groups is 2. The van der Waals surface area contributed by atoms with Crippen molar-refractivity contribution in [3.8, 4) is 0 Å². The minimum atomic E-state index is -3.99. The largest absolute Gasteiger partial charge is 0.480 e. The zero-order chi connectivity index (χ0) is 15.8. The molecule has 0 aromatic carbocycles. The Labute approximate surface area is 125 Å². The van der Waals surface area contributed by atoms with E-state index in [4.69, 9.17) is 10.8 Å². The molecule has 21 heavy (non-hydrogen) atoms. The summed E-state index contributed by atoms with van der Waals surface area (Å²) in [6.07, 6.45) is 0.0132. The molecule has 0 saturated carbocycles. The van der Waals surface area contributed by atoms with Crippen LogP contribution in [0, 0.1) is 0 Å². The summed E-state index contributed by atoms with van der Waals surface area (Å²) in [6, 6.07) is 1.30. The van der Waals surface area contributed by atoms with Crippen molar-refractivity contribution in [2.24, 2.45) is 5.73 Å². The van der Waals surface area contributed by atoms with Gasteiger partial charge < -0.3 is 15.6 Å². The molecule has 2 rings (SSSR count). The van der Waals surface area contributed by atoms with E-state index < -0.39 is 27.5 Å². The van der Waals surface area contributed by atoms with E-state index in [1.807, 2.05) is 0 Å². The molecule has 1 unspecified atom stereocenters. The summed E-state index contributed by atoms with van der Waals surface area (Å²) in [5.41, 5.74) is 4.07. The molecule has 0 radical (unpaired) electrons. The van der Waals surface area contributed by atoms with Crippen molar-refractivity contribution in [1.82, 2.24) is 4.31 Å². The van der Waals surface area contributed by atoms with E-state index in [0.29, 0.717) is 0 Å². The number of hydrogen-bond acceptors (Lipinski definition) is 7. The molecule has 0 aliphatic carbocycles. The van der Waals surface area contributed by atoms with Crippen LogP contribution in [0.3, 0.4) is 0 Å². The number of carboxylic acids is 1. The van der Waals surface area contributed by atoms with Gasteiger partial charge in [-0.05, 0) is 17.9 Å². The van der Waals surface area contributed by atoms with Gasteiger partial charge in [0.1, 0.15) is 15.3 Å². The minimum Gasteiger partial charge on any atom is -0.480 e. The van der Waals surface area contributed by atoms with E-state index in [-0.39, 0.29) is 29.3 Å². The summed E-state index contributed by atoms with van der Waals surface area (Å²) >= 11 is 0.946. The van der Waals surface area contributed by atoms with Crippen LogP contribution < -0.4 is 5.73 Å². The Morgan fingerprint density at radius 1 is 1.52 bits per heavy atom. The third-order valence-electron chi connectivity index (χ3n) is 3.31. The van der Waals surface area contributed by atoms with Crippen molar-refractivity contribution in [2.45, 2.75) is 16.9 Å². The van der Waals surface area contributed by atoms with Gasteiger partial charge in [0, 0.05) is 13.1 Å². The highest BCUT2D eigenvalue weighted by Crippen LogP contribution is 2.30. The zero-order valence-electron chi connectivity index (χ0n) is 11.1. The second-order valence-corrected chi connectivity index (χ2v) is 7.48. The van der Waals surface area contributed by atoms with Crippen LogP contribution in [0.4, 0.5) is 0 Å². The second kappa shape index (κ2) is 5.37. The molecule has 1 aromatic rings. The molecule has 2 heterocycles. The van der Waals surface area contributed by atoms with E-state index in [9.17, 15) is 18.0 Å². The van der Waals surface area contributed by atoms with Gasteiger partial charge in [-0.15, -0.1) is 11.3 Å². The Morgan fingerprint density at radius 2 is 2.19 bits per heavy atom. The van der Waals surface area contributed by atoms with Crippen LogP contribution in [0.2, 0.25) is 0 Å². The van der Waals surface area contributed by atoms with Crippen LogP contribution in [0.15, 0.2) is 16.3 Å². The number of hydrogen-bond donors (Lipinski definition) is 2. The number of aliphatic carboxylic acids is 1. The van der Waals surface area contributed by atoms with Gasteiger partial charge in [-0.3, -0.25) is 4.79 Å². The molecule has 1 aromatic heterocycles. The number of ether oxygens (including phenoxy) is 1. The number of thiophene rings is 1. The van der Waals surface area contributed by atoms with Crippen LogP contribution in [-0.4, -0.2) is 55.5 Å². The lowest BCUT2D eigenvalue weighted by molar-refractivity contribution is -0.142. The molecular formula is C11H14N2O6S2. The van der Waals surface area contributed by atoms with Crippen molar-refractivity contribution >= 4 is 33.3 Å². The van der Waals surface area contributed by atoms with Crippen molar-refractivity contribution < 1.29 is 27.9 Å². The van der Waals surface area contributed by atoms with E-state index in [1.54, 1.807) is 0 Å². The lowest BCUT2D eigenvalue weighted by atomic mass is 10.0. The molecule has 8 nitrogen and oxygen atoms in total. The highest BCUT2D eigenvalue weighted by atomic mass is 32.2. The normalized spacial score (nSPS) is 23.1. The fraction of sp³-hybridized carbons (Fsp3) is 0.455. The average molecular weight is 334 g/mol. The van der Waals surface area contributed by atoms with E-state index >= 15 is 0 Å². The first-order valence-electron chi connectivity index (χ1n) is 5.90. The first-order chi connectivity index (χ1) is 9.72. The number of esters is 1. The number of nitrogens with two attached hydrogens (primary N) is 1. The van der Waals surface area contributed by atoms with E-state index in [1.165, 1.54) is 11.4 Å². The molecule has 0 bridgehead atoms. The van der Waals surface area contributed by atoms with Gasteiger partial charge in [0.25, 0.3) is 0 Å². The zero-order valence-corrected chi connectivity index (χ0v) is 12.7. The van der Waals surface area contributed by atoms with Crippen LogP contribution in [0.1, 0.15) is 16.1 Å². The van der Waals surface area contributed by atoms with Gasteiger partial charge in [0.2, 0.25) is 10.0 Å². The summed E-state index contributed by atoms with van der Waals surface area (Å²) in [4.78, 5) is 22.4. The molecule has 1 atom stereocenters. The molecule has 1 aliphatic heterocycles. The van der Waals surface area contributed by atoms with E-state index in [2.05, 4.69) is 4.74 Å². The van der Waals surface area contributed by atoms with Crippen molar-refractivity contribution in [1.29, 1.82) is 0 Å². The third kappa shape index (κ3) is 2.67. The number of carbonyl (C=O) groups excluding carboxylic acids is 1. The molecule has 3 N–H and O–H groups in total. The molecule has 116 valence electrons. The lowest BCUT2D eigenvalue weighted by Gasteiger charge is -2.20. The second-order valence-electron chi connectivity index (χ2n) is 4.66. The summed E-state index contributed by atoms with van der Waals surface area (Å²) in [5.74, 6) is -2.00. The maximum atomic E-state index is 12.5. The van der Waals surface area contributed by atoms with Crippen LogP contribution in [-0.2, 0) is 19.6 Å². The summed E-state index contributed by atoms with van der Waals surface area (Å²) in [5, 5.41) is 10.5. The van der Waals surface area contributed by atoms with Crippen molar-refractivity contribution in [3.63, 3.8) is 0 Å². The van der Waals surface area contributed by atoms with Crippen LogP contribution in [0.5, 0.6) is 0 Å². The van der Waals surface area contributed by atoms with Gasteiger partial charge in [0.15, 0.2) is 0 Å². The Balaban J connectivity index is 2.35. The number of nitrogens with zero attached hydrogens (tertiary/aromatic N) is 1. The Bertz CT molecular complexity index is 683. The maximum Gasteiger partial charge on any atom is 0.349 e. The Hall–Kier alpha value is -1.49. The quantitative estimate of drug-likeness (QED) is 0.724. The molecule has 0 amide bonds. The molecule has 10 heteroatoms. The molecule has 1 saturated heterocycles. The highest BCUT2D eigenvalue weighted by molar-refractivity contribution is 7.89. The monoisotopic (exact) mass is 334 g/mol. The Morgan fingerprint density at radius 3 is 2.71 bits per heavy atom. The summed E-state index contributed by atoms with van der Waals surface area (Å²) in [6.45, 7) is -0.345.